The molecule has 1 aromatic heterocycles. The summed E-state index contributed by atoms with van der Waals surface area (Å²) >= 11 is 1.36. The molecule has 148 valence electrons. The van der Waals surface area contributed by atoms with E-state index in [0.29, 0.717) is 37.5 Å². The first-order chi connectivity index (χ1) is 13.5. The van der Waals surface area contributed by atoms with E-state index in [1.54, 1.807) is 42.1 Å². The lowest BCUT2D eigenvalue weighted by Gasteiger charge is -2.34. The summed E-state index contributed by atoms with van der Waals surface area (Å²) in [6.45, 7) is 1.83. The summed E-state index contributed by atoms with van der Waals surface area (Å²) in [5, 5.41) is 0. The van der Waals surface area contributed by atoms with Gasteiger partial charge in [0.2, 0.25) is 5.91 Å². The van der Waals surface area contributed by atoms with Crippen molar-refractivity contribution in [3.05, 3.63) is 54.0 Å². The van der Waals surface area contributed by atoms with Crippen molar-refractivity contribution in [1.29, 1.82) is 0 Å². The Kier molecular flexibility index (Phi) is 6.41. The molecule has 0 spiro atoms. The highest BCUT2D eigenvalue weighted by Crippen LogP contribution is 2.24. The largest absolute Gasteiger partial charge is 0.459 e. The van der Waals surface area contributed by atoms with Crippen LogP contribution >= 0.6 is 11.8 Å². The number of benzene rings is 1. The third-order valence-corrected chi connectivity index (χ3v) is 5.61. The van der Waals surface area contributed by atoms with E-state index in [9.17, 15) is 14.4 Å². The summed E-state index contributed by atoms with van der Waals surface area (Å²) in [5.41, 5.74) is 0.588. The molecule has 3 rings (SSSR count). The van der Waals surface area contributed by atoms with Gasteiger partial charge in [0.05, 0.1) is 17.6 Å². The molecule has 7 nitrogen and oxygen atoms in total. The molecule has 2 heterocycles. The standard InChI is InChI=1S/C20H23N3O4S/c1-21(2)18(24)14-28-17-8-4-3-6-15(17)19(25)22-9-11-23(12-10-22)20(26)16-7-5-13-27-16/h3-8,13H,9-12,14H2,1-2H3. The van der Waals surface area contributed by atoms with E-state index < -0.39 is 0 Å². The SMILES string of the molecule is CN(C)C(=O)CSc1ccccc1C(=O)N1CCN(C(=O)c2ccco2)CC1. The van der Waals surface area contributed by atoms with E-state index in [0.717, 1.165) is 4.90 Å². The fourth-order valence-electron chi connectivity index (χ4n) is 2.88. The van der Waals surface area contributed by atoms with Crippen LogP contribution in [0.2, 0.25) is 0 Å². The van der Waals surface area contributed by atoms with Crippen molar-refractivity contribution in [2.45, 2.75) is 4.90 Å². The van der Waals surface area contributed by atoms with Gasteiger partial charge in [-0.05, 0) is 24.3 Å². The number of thioether (sulfide) groups is 1. The minimum atomic E-state index is -0.157. The number of carbonyl (C=O) groups excluding carboxylic acids is 3. The van der Waals surface area contributed by atoms with Crippen molar-refractivity contribution in [1.82, 2.24) is 14.7 Å². The van der Waals surface area contributed by atoms with E-state index in [-0.39, 0.29) is 23.5 Å². The second-order valence-electron chi connectivity index (χ2n) is 6.63. The zero-order chi connectivity index (χ0) is 20.1. The molecule has 0 bridgehead atoms. The molecule has 0 unspecified atom stereocenters. The molecular formula is C20H23N3O4S. The maximum atomic E-state index is 13.0. The summed E-state index contributed by atoms with van der Waals surface area (Å²) in [6, 6.07) is 10.6. The smallest absolute Gasteiger partial charge is 0.289 e. The number of nitrogens with zero attached hydrogens (tertiary/aromatic N) is 3. The van der Waals surface area contributed by atoms with Crippen molar-refractivity contribution in [3.8, 4) is 0 Å². The van der Waals surface area contributed by atoms with Crippen LogP contribution in [0.5, 0.6) is 0 Å². The molecule has 28 heavy (non-hydrogen) atoms. The highest BCUT2D eigenvalue weighted by Gasteiger charge is 2.27. The minimum absolute atomic E-state index is 0.00250. The van der Waals surface area contributed by atoms with Gasteiger partial charge in [-0.2, -0.15) is 0 Å². The number of hydrogen-bond donors (Lipinski definition) is 0. The topological polar surface area (TPSA) is 74.1 Å². The molecule has 1 aromatic carbocycles. The molecule has 0 radical (unpaired) electrons. The number of furan rings is 1. The lowest BCUT2D eigenvalue weighted by atomic mass is 10.1. The Morgan fingerprint density at radius 3 is 2.21 bits per heavy atom. The maximum Gasteiger partial charge on any atom is 0.289 e. The summed E-state index contributed by atoms with van der Waals surface area (Å²) in [5.74, 6) is 0.355. The predicted octanol–water partition coefficient (Wildman–Crippen LogP) is 2.06. The zero-order valence-electron chi connectivity index (χ0n) is 16.0. The van der Waals surface area contributed by atoms with Crippen LogP contribution in [0, 0.1) is 0 Å². The van der Waals surface area contributed by atoms with Crippen LogP contribution in [-0.4, -0.2) is 78.4 Å². The van der Waals surface area contributed by atoms with E-state index >= 15 is 0 Å². The zero-order valence-corrected chi connectivity index (χ0v) is 16.8. The second-order valence-corrected chi connectivity index (χ2v) is 7.65. The quantitative estimate of drug-likeness (QED) is 0.717. The Hall–Kier alpha value is -2.74. The van der Waals surface area contributed by atoms with Gasteiger partial charge in [-0.15, -0.1) is 11.8 Å². The Morgan fingerprint density at radius 1 is 0.964 bits per heavy atom. The van der Waals surface area contributed by atoms with Crippen LogP contribution in [-0.2, 0) is 4.79 Å². The molecule has 1 aliphatic rings. The van der Waals surface area contributed by atoms with Crippen LogP contribution in [0.4, 0.5) is 0 Å². The monoisotopic (exact) mass is 401 g/mol. The Morgan fingerprint density at radius 2 is 1.61 bits per heavy atom. The Balaban J connectivity index is 1.62. The molecular weight excluding hydrogens is 378 g/mol. The van der Waals surface area contributed by atoms with E-state index in [4.69, 9.17) is 4.42 Å². The fourth-order valence-corrected chi connectivity index (χ4v) is 3.90. The molecule has 8 heteroatoms. The highest BCUT2D eigenvalue weighted by atomic mass is 32.2. The van der Waals surface area contributed by atoms with Crippen LogP contribution in [0.15, 0.2) is 52.0 Å². The number of piperazine rings is 1. The van der Waals surface area contributed by atoms with Crippen molar-refractivity contribution < 1.29 is 18.8 Å². The van der Waals surface area contributed by atoms with Gasteiger partial charge >= 0.3 is 0 Å². The van der Waals surface area contributed by atoms with Crippen LogP contribution in [0.1, 0.15) is 20.9 Å². The molecule has 1 fully saturated rings. The van der Waals surface area contributed by atoms with Crippen molar-refractivity contribution in [2.75, 3.05) is 46.0 Å². The summed E-state index contributed by atoms with van der Waals surface area (Å²) < 4.78 is 5.17. The summed E-state index contributed by atoms with van der Waals surface area (Å²) in [7, 11) is 3.42. The van der Waals surface area contributed by atoms with Crippen molar-refractivity contribution >= 4 is 29.5 Å². The van der Waals surface area contributed by atoms with Crippen molar-refractivity contribution in [3.63, 3.8) is 0 Å². The van der Waals surface area contributed by atoms with Gasteiger partial charge in [0.1, 0.15) is 0 Å². The van der Waals surface area contributed by atoms with Gasteiger partial charge in [-0.1, -0.05) is 12.1 Å². The second kappa shape index (κ2) is 8.97. The van der Waals surface area contributed by atoms with Crippen LogP contribution in [0.3, 0.4) is 0 Å². The third kappa shape index (κ3) is 4.56. The summed E-state index contributed by atoms with van der Waals surface area (Å²) in [4.78, 5) is 43.0. The molecule has 0 aliphatic carbocycles. The molecule has 3 amide bonds. The van der Waals surface area contributed by atoms with Crippen LogP contribution < -0.4 is 0 Å². The predicted molar refractivity (Wildman–Crippen MR) is 106 cm³/mol. The first-order valence-corrected chi connectivity index (χ1v) is 10.00. The van der Waals surface area contributed by atoms with E-state index in [1.165, 1.54) is 22.9 Å². The average molecular weight is 401 g/mol. The number of carbonyl (C=O) groups is 3. The minimum Gasteiger partial charge on any atom is -0.459 e. The average Bonchev–Trinajstić information content (AvgIpc) is 3.26. The maximum absolute atomic E-state index is 13.0. The molecule has 1 saturated heterocycles. The number of rotatable bonds is 5. The lowest BCUT2D eigenvalue weighted by Crippen LogP contribution is -2.50. The normalized spacial score (nSPS) is 14.1. The molecule has 0 N–H and O–H groups in total. The Labute approximate surface area is 168 Å². The third-order valence-electron chi connectivity index (χ3n) is 4.55. The first-order valence-electron chi connectivity index (χ1n) is 9.01. The van der Waals surface area contributed by atoms with Crippen molar-refractivity contribution in [2.24, 2.45) is 0 Å². The number of hydrogen-bond acceptors (Lipinski definition) is 5. The molecule has 0 atom stereocenters. The molecule has 2 aromatic rings. The van der Waals surface area contributed by atoms with Gasteiger partial charge in [-0.3, -0.25) is 14.4 Å². The number of amides is 3. The van der Waals surface area contributed by atoms with Gasteiger partial charge in [0.25, 0.3) is 11.8 Å². The van der Waals surface area contributed by atoms with Gasteiger partial charge in [-0.25, -0.2) is 0 Å². The summed E-state index contributed by atoms with van der Waals surface area (Å²) in [6.07, 6.45) is 1.47. The highest BCUT2D eigenvalue weighted by molar-refractivity contribution is 8.00. The molecule has 0 saturated carbocycles. The van der Waals surface area contributed by atoms with Crippen LogP contribution in [0.25, 0.3) is 0 Å². The van der Waals surface area contributed by atoms with E-state index in [1.807, 2.05) is 18.2 Å². The fraction of sp³-hybridized carbons (Fsp3) is 0.350. The van der Waals surface area contributed by atoms with Gasteiger partial charge in [0.15, 0.2) is 5.76 Å². The van der Waals surface area contributed by atoms with Gasteiger partial charge in [0, 0.05) is 45.2 Å². The first kappa shape index (κ1) is 20.0. The lowest BCUT2D eigenvalue weighted by molar-refractivity contribution is -0.125. The molecule has 1 aliphatic heterocycles. The van der Waals surface area contributed by atoms with E-state index in [2.05, 4.69) is 0 Å². The van der Waals surface area contributed by atoms with Gasteiger partial charge < -0.3 is 19.1 Å². The Bertz CT molecular complexity index is 843.